The van der Waals surface area contributed by atoms with Crippen LogP contribution in [-0.2, 0) is 19.1 Å². The molecule has 0 bridgehead atoms. The van der Waals surface area contributed by atoms with Gasteiger partial charge in [0.15, 0.2) is 6.10 Å². The lowest BCUT2D eigenvalue weighted by Crippen LogP contribution is -2.21. The molecular weight excluding hydrogens is 374 g/mol. The number of carbonyl (C=O) groups is 1. The van der Waals surface area contributed by atoms with Crippen LogP contribution in [0.15, 0.2) is 84.9 Å². The highest BCUT2D eigenvalue weighted by Gasteiger charge is 2.29. The Bertz CT molecular complexity index is 934. The number of non-ortho nitro benzene ring substituents is 1. The van der Waals surface area contributed by atoms with Crippen LogP contribution in [0.4, 0.5) is 5.69 Å². The first kappa shape index (κ1) is 19.8. The van der Waals surface area contributed by atoms with Crippen molar-refractivity contribution in [3.63, 3.8) is 0 Å². The van der Waals surface area contributed by atoms with Crippen LogP contribution in [-0.4, -0.2) is 17.4 Å². The van der Waals surface area contributed by atoms with Gasteiger partial charge in [-0.2, -0.15) is 0 Å². The third kappa shape index (κ3) is 4.84. The van der Waals surface area contributed by atoms with E-state index in [-0.39, 0.29) is 11.3 Å². The van der Waals surface area contributed by atoms with Crippen molar-refractivity contribution in [3.8, 4) is 0 Å². The fourth-order valence-electron chi connectivity index (χ4n) is 2.83. The lowest BCUT2D eigenvalue weighted by molar-refractivity contribution is -0.384. The van der Waals surface area contributed by atoms with Crippen LogP contribution >= 0.6 is 0 Å². The van der Waals surface area contributed by atoms with Crippen molar-refractivity contribution in [3.05, 3.63) is 112 Å². The van der Waals surface area contributed by atoms with E-state index in [1.807, 2.05) is 60.7 Å². The van der Waals surface area contributed by atoms with Crippen LogP contribution in [0.5, 0.6) is 0 Å². The smallest absolute Gasteiger partial charge is 0.418 e. The minimum absolute atomic E-state index is 0.151. The summed E-state index contributed by atoms with van der Waals surface area (Å²) in [6.07, 6.45) is -2.12. The molecule has 0 saturated carbocycles. The van der Waals surface area contributed by atoms with Gasteiger partial charge in [0.05, 0.1) is 4.92 Å². The Morgan fingerprint density at radius 3 is 1.79 bits per heavy atom. The first-order valence-electron chi connectivity index (χ1n) is 8.67. The van der Waals surface area contributed by atoms with Crippen LogP contribution in [0.25, 0.3) is 0 Å². The largest absolute Gasteiger partial charge is 0.450 e. The molecule has 0 aliphatic heterocycles. The van der Waals surface area contributed by atoms with Crippen molar-refractivity contribution < 1.29 is 24.0 Å². The molecule has 0 saturated heterocycles. The summed E-state index contributed by atoms with van der Waals surface area (Å²) in [7, 11) is 0. The molecular formula is C22H16NO6. The van der Waals surface area contributed by atoms with E-state index in [2.05, 4.69) is 0 Å². The van der Waals surface area contributed by atoms with Crippen molar-refractivity contribution in [1.29, 1.82) is 0 Å². The Hall–Kier alpha value is -4.00. The first-order valence-corrected chi connectivity index (χ1v) is 8.67. The van der Waals surface area contributed by atoms with Gasteiger partial charge in [0.1, 0.15) is 0 Å². The molecule has 7 heteroatoms. The van der Waals surface area contributed by atoms with Gasteiger partial charge >= 0.3 is 12.4 Å². The van der Waals surface area contributed by atoms with Gasteiger partial charge in [-0.25, -0.2) is 9.59 Å². The summed E-state index contributed by atoms with van der Waals surface area (Å²) in [4.78, 5) is 33.9. The number of carbonyl (C=O) groups excluding carboxylic acids is 2. The predicted octanol–water partition coefficient (Wildman–Crippen LogP) is 4.05. The Morgan fingerprint density at radius 1 is 0.828 bits per heavy atom. The normalized spacial score (nSPS) is 11.5. The summed E-state index contributed by atoms with van der Waals surface area (Å²) in [5.74, 6) is -0.820. The molecule has 0 aliphatic rings. The molecule has 0 aliphatic carbocycles. The number of hydrogen-bond donors (Lipinski definition) is 0. The minimum atomic E-state index is -1.40. The number of benzene rings is 3. The average molecular weight is 390 g/mol. The van der Waals surface area contributed by atoms with E-state index in [0.717, 1.165) is 11.1 Å². The molecule has 29 heavy (non-hydrogen) atoms. The average Bonchev–Trinajstić information content (AvgIpc) is 2.77. The fraction of sp³-hybridized carbons (Fsp3) is 0.0909. The van der Waals surface area contributed by atoms with Crippen molar-refractivity contribution in [2.45, 2.75) is 12.2 Å². The van der Waals surface area contributed by atoms with E-state index >= 15 is 0 Å². The van der Waals surface area contributed by atoms with Gasteiger partial charge in [0, 0.05) is 17.7 Å². The van der Waals surface area contributed by atoms with Gasteiger partial charge in [-0.05, 0) is 23.3 Å². The predicted molar refractivity (Wildman–Crippen MR) is 103 cm³/mol. The zero-order valence-electron chi connectivity index (χ0n) is 15.1. The monoisotopic (exact) mass is 390 g/mol. The molecule has 0 heterocycles. The third-order valence-corrected chi connectivity index (χ3v) is 4.23. The number of esters is 1. The molecule has 7 nitrogen and oxygen atoms in total. The maximum absolute atomic E-state index is 12.8. The summed E-state index contributed by atoms with van der Waals surface area (Å²) in [5, 5.41) is 10.8. The minimum Gasteiger partial charge on any atom is -0.450 e. The molecule has 0 spiro atoms. The number of rotatable bonds is 8. The summed E-state index contributed by atoms with van der Waals surface area (Å²) >= 11 is 0. The SMILES string of the molecule is O=[C]OC(C(=O)OC(c1ccccc1)c1ccccc1)c1ccc([N+](=O)[O-])cc1. The molecule has 145 valence electrons. The Balaban J connectivity index is 1.90. The highest BCUT2D eigenvalue weighted by atomic mass is 16.6. The number of hydrogen-bond acceptors (Lipinski definition) is 6. The van der Waals surface area contributed by atoms with E-state index in [1.54, 1.807) is 0 Å². The third-order valence-electron chi connectivity index (χ3n) is 4.23. The van der Waals surface area contributed by atoms with Crippen molar-refractivity contribution in [2.24, 2.45) is 0 Å². The van der Waals surface area contributed by atoms with E-state index < -0.39 is 23.1 Å². The highest BCUT2D eigenvalue weighted by molar-refractivity contribution is 5.78. The maximum Gasteiger partial charge on any atom is 0.418 e. The standard InChI is InChI=1S/C22H16NO6/c24-15-28-21(18-11-13-19(14-12-18)23(26)27)22(25)29-20(16-7-3-1-4-8-16)17-9-5-2-6-10-17/h1-14,20-21H. The molecule has 0 fully saturated rings. The van der Waals surface area contributed by atoms with Gasteiger partial charge in [-0.15, -0.1) is 0 Å². The van der Waals surface area contributed by atoms with Crippen LogP contribution in [0, 0.1) is 10.1 Å². The van der Waals surface area contributed by atoms with E-state index in [0.29, 0.717) is 0 Å². The summed E-state index contributed by atoms with van der Waals surface area (Å²) < 4.78 is 10.5. The van der Waals surface area contributed by atoms with Gasteiger partial charge in [0.2, 0.25) is 6.10 Å². The summed E-state index contributed by atoms with van der Waals surface area (Å²) in [6.45, 7) is 1.25. The quantitative estimate of drug-likeness (QED) is 0.327. The topological polar surface area (TPSA) is 95.7 Å². The number of nitro groups is 1. The van der Waals surface area contributed by atoms with Gasteiger partial charge in [0.25, 0.3) is 5.69 Å². The van der Waals surface area contributed by atoms with E-state index in [9.17, 15) is 19.7 Å². The van der Waals surface area contributed by atoms with Crippen molar-refractivity contribution >= 4 is 18.1 Å². The Kier molecular flexibility index (Phi) is 6.32. The van der Waals surface area contributed by atoms with Crippen molar-refractivity contribution in [2.75, 3.05) is 0 Å². The number of nitro benzene ring substituents is 1. The Morgan fingerprint density at radius 2 is 1.34 bits per heavy atom. The molecule has 0 N–H and O–H groups in total. The van der Waals surface area contributed by atoms with Gasteiger partial charge in [-0.1, -0.05) is 60.7 Å². The molecule has 1 atom stereocenters. The van der Waals surface area contributed by atoms with Crippen LogP contribution in [0.3, 0.4) is 0 Å². The number of nitrogens with zero attached hydrogens (tertiary/aromatic N) is 1. The fourth-order valence-corrected chi connectivity index (χ4v) is 2.83. The molecule has 3 aromatic carbocycles. The lowest BCUT2D eigenvalue weighted by atomic mass is 10.0. The summed E-state index contributed by atoms with van der Waals surface area (Å²) in [5.41, 5.74) is 1.57. The molecule has 0 aromatic heterocycles. The van der Waals surface area contributed by atoms with Crippen LogP contribution < -0.4 is 0 Å². The first-order chi connectivity index (χ1) is 14.1. The molecule has 1 radical (unpaired) electrons. The molecule has 0 amide bonds. The van der Waals surface area contributed by atoms with E-state index in [4.69, 9.17) is 9.47 Å². The molecule has 3 aromatic rings. The van der Waals surface area contributed by atoms with E-state index in [1.165, 1.54) is 30.7 Å². The maximum atomic E-state index is 12.8. The lowest BCUT2D eigenvalue weighted by Gasteiger charge is -2.22. The van der Waals surface area contributed by atoms with Gasteiger partial charge in [-0.3, -0.25) is 10.1 Å². The van der Waals surface area contributed by atoms with Crippen LogP contribution in [0.1, 0.15) is 28.9 Å². The summed E-state index contributed by atoms with van der Waals surface area (Å²) in [6, 6.07) is 23.4. The second kappa shape index (κ2) is 9.27. The number of ether oxygens (including phenoxy) is 2. The zero-order chi connectivity index (χ0) is 20.6. The zero-order valence-corrected chi connectivity index (χ0v) is 15.1. The second-order valence-corrected chi connectivity index (χ2v) is 6.07. The molecule has 1 unspecified atom stereocenters. The van der Waals surface area contributed by atoms with Crippen LogP contribution in [0.2, 0.25) is 0 Å². The highest BCUT2D eigenvalue weighted by Crippen LogP contribution is 2.29. The Labute approximate surface area is 166 Å². The molecule has 3 rings (SSSR count). The van der Waals surface area contributed by atoms with Gasteiger partial charge < -0.3 is 9.47 Å². The van der Waals surface area contributed by atoms with Crippen molar-refractivity contribution in [1.82, 2.24) is 0 Å². The second-order valence-electron chi connectivity index (χ2n) is 6.07.